The average Bonchev–Trinajstić information content (AvgIpc) is 2.77. The molecule has 0 aliphatic carbocycles. The summed E-state index contributed by atoms with van der Waals surface area (Å²) in [5.74, 6) is 0. The van der Waals surface area contributed by atoms with Gasteiger partial charge in [0, 0.05) is 31.2 Å². The van der Waals surface area contributed by atoms with Gasteiger partial charge in [0.25, 0.3) is 0 Å². The van der Waals surface area contributed by atoms with E-state index in [4.69, 9.17) is 5.73 Å². The van der Waals surface area contributed by atoms with E-state index < -0.39 is 0 Å². The van der Waals surface area contributed by atoms with Gasteiger partial charge in [-0.25, -0.2) is 0 Å². The van der Waals surface area contributed by atoms with E-state index in [2.05, 4.69) is 23.2 Å². The fourth-order valence-corrected chi connectivity index (χ4v) is 1.95. The Hall–Kier alpha value is -1.68. The molecule has 0 amide bonds. The molecule has 2 aromatic heterocycles. The van der Waals surface area contributed by atoms with Crippen LogP contribution in [0.4, 0.5) is 0 Å². The first kappa shape index (κ1) is 11.8. The van der Waals surface area contributed by atoms with Crippen molar-refractivity contribution in [1.82, 2.24) is 14.8 Å². The average molecular weight is 230 g/mol. The van der Waals surface area contributed by atoms with Crippen LogP contribution in [0.15, 0.2) is 30.9 Å². The lowest BCUT2D eigenvalue weighted by Crippen LogP contribution is -2.14. The number of aromatic nitrogens is 3. The SMILES string of the molecule is CCn1cc(CC(N)c2ccncc2C)cn1. The standard InChI is InChI=1S/C13H18N4/c1-3-17-9-11(8-16-17)6-13(14)12-4-5-15-7-10(12)2/h4-5,7-9,13H,3,6,14H2,1-2H3. The van der Waals surface area contributed by atoms with Gasteiger partial charge in [0.2, 0.25) is 0 Å². The third kappa shape index (κ3) is 2.71. The number of rotatable bonds is 4. The summed E-state index contributed by atoms with van der Waals surface area (Å²) in [6.45, 7) is 5.00. The third-order valence-electron chi connectivity index (χ3n) is 2.93. The molecule has 0 radical (unpaired) electrons. The Balaban J connectivity index is 2.11. The van der Waals surface area contributed by atoms with Gasteiger partial charge in [-0.2, -0.15) is 5.10 Å². The molecule has 0 saturated carbocycles. The molecule has 17 heavy (non-hydrogen) atoms. The summed E-state index contributed by atoms with van der Waals surface area (Å²) in [7, 11) is 0. The van der Waals surface area contributed by atoms with Crippen LogP contribution < -0.4 is 5.73 Å². The molecule has 1 atom stereocenters. The van der Waals surface area contributed by atoms with Crippen molar-refractivity contribution in [3.63, 3.8) is 0 Å². The number of hydrogen-bond donors (Lipinski definition) is 1. The summed E-state index contributed by atoms with van der Waals surface area (Å²) in [6, 6.07) is 2.00. The minimum Gasteiger partial charge on any atom is -0.324 e. The van der Waals surface area contributed by atoms with Gasteiger partial charge in [-0.15, -0.1) is 0 Å². The summed E-state index contributed by atoms with van der Waals surface area (Å²) in [4.78, 5) is 4.08. The minimum absolute atomic E-state index is 0.00695. The van der Waals surface area contributed by atoms with Crippen molar-refractivity contribution in [2.45, 2.75) is 32.9 Å². The van der Waals surface area contributed by atoms with Crippen LogP contribution in [0.3, 0.4) is 0 Å². The van der Waals surface area contributed by atoms with Crippen molar-refractivity contribution in [3.05, 3.63) is 47.5 Å². The highest BCUT2D eigenvalue weighted by Crippen LogP contribution is 2.18. The van der Waals surface area contributed by atoms with Gasteiger partial charge in [-0.05, 0) is 43.0 Å². The fourth-order valence-electron chi connectivity index (χ4n) is 1.95. The zero-order valence-corrected chi connectivity index (χ0v) is 10.3. The predicted molar refractivity (Wildman–Crippen MR) is 67.5 cm³/mol. The Labute approximate surface area is 101 Å². The number of nitrogens with zero attached hydrogens (tertiary/aromatic N) is 3. The molecule has 2 rings (SSSR count). The first-order chi connectivity index (χ1) is 8.20. The summed E-state index contributed by atoms with van der Waals surface area (Å²) in [6.07, 6.45) is 8.39. The molecule has 2 N–H and O–H groups in total. The molecule has 0 fully saturated rings. The molecule has 4 heteroatoms. The molecule has 0 spiro atoms. The fraction of sp³-hybridized carbons (Fsp3) is 0.385. The summed E-state index contributed by atoms with van der Waals surface area (Å²) in [5, 5.41) is 4.25. The molecular formula is C13H18N4. The van der Waals surface area contributed by atoms with Gasteiger partial charge >= 0.3 is 0 Å². The Morgan fingerprint density at radius 1 is 1.41 bits per heavy atom. The molecule has 90 valence electrons. The van der Waals surface area contributed by atoms with Crippen LogP contribution in [0.25, 0.3) is 0 Å². The zero-order chi connectivity index (χ0) is 12.3. The molecular weight excluding hydrogens is 212 g/mol. The van der Waals surface area contributed by atoms with E-state index in [1.807, 2.05) is 30.1 Å². The van der Waals surface area contributed by atoms with Gasteiger partial charge < -0.3 is 5.73 Å². The highest BCUT2D eigenvalue weighted by atomic mass is 15.3. The largest absolute Gasteiger partial charge is 0.324 e. The maximum atomic E-state index is 6.21. The topological polar surface area (TPSA) is 56.7 Å². The number of aryl methyl sites for hydroxylation is 2. The van der Waals surface area contributed by atoms with Crippen molar-refractivity contribution in [2.75, 3.05) is 0 Å². The van der Waals surface area contributed by atoms with Crippen LogP contribution >= 0.6 is 0 Å². The summed E-state index contributed by atoms with van der Waals surface area (Å²) in [5.41, 5.74) is 9.69. The van der Waals surface area contributed by atoms with E-state index >= 15 is 0 Å². The second-order valence-electron chi connectivity index (χ2n) is 4.25. The molecule has 2 heterocycles. The van der Waals surface area contributed by atoms with E-state index in [1.165, 1.54) is 5.56 Å². The van der Waals surface area contributed by atoms with E-state index in [1.54, 1.807) is 6.20 Å². The molecule has 0 aromatic carbocycles. The van der Waals surface area contributed by atoms with Crippen molar-refractivity contribution in [1.29, 1.82) is 0 Å². The maximum absolute atomic E-state index is 6.21. The van der Waals surface area contributed by atoms with Crippen molar-refractivity contribution in [3.8, 4) is 0 Å². The molecule has 0 bridgehead atoms. The van der Waals surface area contributed by atoms with Crippen LogP contribution in [0.2, 0.25) is 0 Å². The molecule has 0 aliphatic rings. The minimum atomic E-state index is 0.00695. The lowest BCUT2D eigenvalue weighted by Gasteiger charge is -2.13. The monoisotopic (exact) mass is 230 g/mol. The Bertz CT molecular complexity index is 490. The van der Waals surface area contributed by atoms with Crippen LogP contribution in [-0.2, 0) is 13.0 Å². The second-order valence-corrected chi connectivity index (χ2v) is 4.25. The summed E-state index contributed by atoms with van der Waals surface area (Å²) < 4.78 is 1.92. The highest BCUT2D eigenvalue weighted by molar-refractivity contribution is 5.26. The first-order valence-electron chi connectivity index (χ1n) is 5.88. The molecule has 4 nitrogen and oxygen atoms in total. The van der Waals surface area contributed by atoms with Crippen molar-refractivity contribution >= 4 is 0 Å². The molecule has 0 aliphatic heterocycles. The second kappa shape index (κ2) is 5.10. The van der Waals surface area contributed by atoms with Gasteiger partial charge in [0.15, 0.2) is 0 Å². The Kier molecular flexibility index (Phi) is 3.54. The molecule has 1 unspecified atom stereocenters. The van der Waals surface area contributed by atoms with Crippen LogP contribution in [0.1, 0.15) is 29.7 Å². The number of hydrogen-bond acceptors (Lipinski definition) is 3. The van der Waals surface area contributed by atoms with E-state index in [0.29, 0.717) is 0 Å². The number of nitrogens with two attached hydrogens (primary N) is 1. The van der Waals surface area contributed by atoms with Gasteiger partial charge in [0.05, 0.1) is 6.20 Å². The van der Waals surface area contributed by atoms with Gasteiger partial charge in [0.1, 0.15) is 0 Å². The third-order valence-corrected chi connectivity index (χ3v) is 2.93. The quantitative estimate of drug-likeness (QED) is 0.872. The van der Waals surface area contributed by atoms with Gasteiger partial charge in [-0.3, -0.25) is 9.67 Å². The molecule has 2 aromatic rings. The van der Waals surface area contributed by atoms with Crippen LogP contribution in [0.5, 0.6) is 0 Å². The van der Waals surface area contributed by atoms with Crippen molar-refractivity contribution < 1.29 is 0 Å². The summed E-state index contributed by atoms with van der Waals surface area (Å²) >= 11 is 0. The van der Waals surface area contributed by atoms with E-state index in [9.17, 15) is 0 Å². The lowest BCUT2D eigenvalue weighted by molar-refractivity contribution is 0.657. The Morgan fingerprint density at radius 3 is 2.88 bits per heavy atom. The van der Waals surface area contributed by atoms with Crippen LogP contribution in [0, 0.1) is 6.92 Å². The van der Waals surface area contributed by atoms with E-state index in [0.717, 1.165) is 24.1 Å². The van der Waals surface area contributed by atoms with Crippen molar-refractivity contribution in [2.24, 2.45) is 5.73 Å². The Morgan fingerprint density at radius 2 is 2.24 bits per heavy atom. The first-order valence-corrected chi connectivity index (χ1v) is 5.88. The molecule has 0 saturated heterocycles. The highest BCUT2D eigenvalue weighted by Gasteiger charge is 2.10. The predicted octanol–water partition coefficient (Wildman–Crippen LogP) is 1.85. The van der Waals surface area contributed by atoms with E-state index in [-0.39, 0.29) is 6.04 Å². The van der Waals surface area contributed by atoms with Gasteiger partial charge in [-0.1, -0.05) is 0 Å². The maximum Gasteiger partial charge on any atom is 0.0522 e. The normalized spacial score (nSPS) is 12.6. The zero-order valence-electron chi connectivity index (χ0n) is 10.3. The smallest absolute Gasteiger partial charge is 0.0522 e. The van der Waals surface area contributed by atoms with Crippen LogP contribution in [-0.4, -0.2) is 14.8 Å². The lowest BCUT2D eigenvalue weighted by atomic mass is 9.99. The number of pyridine rings is 1.